The van der Waals surface area contributed by atoms with Crippen molar-refractivity contribution in [3.8, 4) is 0 Å². The predicted molar refractivity (Wildman–Crippen MR) is 72.6 cm³/mol. The average molecular weight is 248 g/mol. The van der Waals surface area contributed by atoms with E-state index >= 15 is 0 Å². The quantitative estimate of drug-likeness (QED) is 0.687. The highest BCUT2D eigenvalue weighted by atomic mass is 19.1. The minimum Gasteiger partial charge on any atom is -0.300 e. The number of fused-ring (bicyclic) bond motifs is 1. The largest absolute Gasteiger partial charge is 0.300 e. The van der Waals surface area contributed by atoms with E-state index in [2.05, 4.69) is 58.7 Å². The summed E-state index contributed by atoms with van der Waals surface area (Å²) in [6.07, 6.45) is 1.48. The van der Waals surface area contributed by atoms with Crippen molar-refractivity contribution in [2.45, 2.75) is 52.4 Å². The molecule has 0 atom stereocenters. The molecule has 0 fully saturated rings. The Kier molecular flexibility index (Phi) is 2.76. The van der Waals surface area contributed by atoms with Gasteiger partial charge in [0, 0.05) is 16.7 Å². The summed E-state index contributed by atoms with van der Waals surface area (Å²) in [5.74, 6) is -0.419. The van der Waals surface area contributed by atoms with Gasteiger partial charge < -0.3 is 4.40 Å². The zero-order valence-electron chi connectivity index (χ0n) is 12.0. The molecule has 0 saturated heterocycles. The van der Waals surface area contributed by atoms with Crippen molar-refractivity contribution in [1.82, 2.24) is 9.38 Å². The monoisotopic (exact) mass is 248 g/mol. The van der Waals surface area contributed by atoms with E-state index in [0.717, 1.165) is 16.9 Å². The molecule has 0 aliphatic rings. The van der Waals surface area contributed by atoms with Crippen molar-refractivity contribution in [1.29, 1.82) is 0 Å². The lowest BCUT2D eigenvalue weighted by atomic mass is 9.85. The molecule has 0 saturated carbocycles. The summed E-state index contributed by atoms with van der Waals surface area (Å²) in [6, 6.07) is 4.15. The Bertz CT molecular complexity index is 532. The summed E-state index contributed by atoms with van der Waals surface area (Å²) in [5.41, 5.74) is 2.78. The zero-order valence-corrected chi connectivity index (χ0v) is 12.0. The summed E-state index contributed by atoms with van der Waals surface area (Å²) >= 11 is 0. The van der Waals surface area contributed by atoms with Gasteiger partial charge >= 0.3 is 0 Å². The number of hydrogen-bond donors (Lipinski definition) is 0. The van der Waals surface area contributed by atoms with Crippen LogP contribution in [0.2, 0.25) is 0 Å². The minimum atomic E-state index is -0.419. The molecule has 0 aliphatic carbocycles. The summed E-state index contributed by atoms with van der Waals surface area (Å²) in [4.78, 5) is 4.05. The maximum absolute atomic E-state index is 13.5. The van der Waals surface area contributed by atoms with Crippen molar-refractivity contribution in [3.05, 3.63) is 35.5 Å². The molecule has 0 unspecified atom stereocenters. The Morgan fingerprint density at radius 3 is 2.11 bits per heavy atom. The number of hydrogen-bond acceptors (Lipinski definition) is 1. The lowest BCUT2D eigenvalue weighted by molar-refractivity contribution is 0.551. The van der Waals surface area contributed by atoms with Crippen LogP contribution in [0.4, 0.5) is 4.39 Å². The third-order valence-electron chi connectivity index (χ3n) is 3.16. The number of nitrogens with zero attached hydrogens (tertiary/aromatic N) is 2. The van der Waals surface area contributed by atoms with Gasteiger partial charge in [0.05, 0.1) is 6.20 Å². The number of halogens is 1. The zero-order chi connectivity index (χ0) is 13.7. The highest BCUT2D eigenvalue weighted by Crippen LogP contribution is 2.30. The third kappa shape index (κ3) is 2.14. The predicted octanol–water partition coefficient (Wildman–Crippen LogP) is 4.07. The Balaban J connectivity index is 2.83. The SMILES string of the molecule is CC(C)(C)c1ccc(C(C)(C)C)n2cc(F)nc12. The first-order valence-corrected chi connectivity index (χ1v) is 6.29. The normalized spacial score (nSPS) is 13.3. The first-order valence-electron chi connectivity index (χ1n) is 6.29. The van der Waals surface area contributed by atoms with Gasteiger partial charge in [0.15, 0.2) is 0 Å². The lowest BCUT2D eigenvalue weighted by Gasteiger charge is -2.25. The molecule has 0 bridgehead atoms. The maximum atomic E-state index is 13.5. The van der Waals surface area contributed by atoms with E-state index in [0.29, 0.717) is 0 Å². The average Bonchev–Trinajstić information content (AvgIpc) is 2.53. The molecule has 0 radical (unpaired) electrons. The van der Waals surface area contributed by atoms with E-state index in [1.165, 1.54) is 6.20 Å². The summed E-state index contributed by atoms with van der Waals surface area (Å²) in [7, 11) is 0. The highest BCUT2D eigenvalue weighted by molar-refractivity contribution is 5.53. The molecule has 2 nitrogen and oxygen atoms in total. The van der Waals surface area contributed by atoms with Crippen molar-refractivity contribution >= 4 is 5.65 Å². The third-order valence-corrected chi connectivity index (χ3v) is 3.16. The fourth-order valence-corrected chi connectivity index (χ4v) is 2.24. The van der Waals surface area contributed by atoms with E-state index in [1.54, 1.807) is 0 Å². The van der Waals surface area contributed by atoms with Gasteiger partial charge in [-0.25, -0.2) is 4.98 Å². The number of imidazole rings is 1. The van der Waals surface area contributed by atoms with Crippen LogP contribution in [0.5, 0.6) is 0 Å². The van der Waals surface area contributed by atoms with Crippen LogP contribution in [0.25, 0.3) is 5.65 Å². The van der Waals surface area contributed by atoms with Crippen molar-refractivity contribution < 1.29 is 4.39 Å². The molecule has 98 valence electrons. The van der Waals surface area contributed by atoms with E-state index in [1.807, 2.05) is 4.40 Å². The molecule has 0 aliphatic heterocycles. The van der Waals surface area contributed by atoms with Crippen molar-refractivity contribution in [2.24, 2.45) is 0 Å². The molecule has 2 aromatic rings. The number of pyridine rings is 1. The first kappa shape index (κ1) is 13.1. The molecular weight excluding hydrogens is 227 g/mol. The minimum absolute atomic E-state index is 0.0399. The highest BCUT2D eigenvalue weighted by Gasteiger charge is 2.24. The molecular formula is C15H21FN2. The molecule has 3 heteroatoms. The second kappa shape index (κ2) is 3.81. The van der Waals surface area contributed by atoms with E-state index in [9.17, 15) is 4.39 Å². The van der Waals surface area contributed by atoms with Crippen LogP contribution in [0, 0.1) is 5.95 Å². The van der Waals surface area contributed by atoms with Crippen LogP contribution >= 0.6 is 0 Å². The smallest absolute Gasteiger partial charge is 0.231 e. The summed E-state index contributed by atoms with van der Waals surface area (Å²) < 4.78 is 15.4. The summed E-state index contributed by atoms with van der Waals surface area (Å²) in [6.45, 7) is 12.7. The van der Waals surface area contributed by atoms with Gasteiger partial charge in [-0.05, 0) is 11.5 Å². The summed E-state index contributed by atoms with van der Waals surface area (Å²) in [5, 5.41) is 0. The Morgan fingerprint density at radius 1 is 1.00 bits per heavy atom. The van der Waals surface area contributed by atoms with Crippen LogP contribution < -0.4 is 0 Å². The van der Waals surface area contributed by atoms with Crippen molar-refractivity contribution in [3.63, 3.8) is 0 Å². The second-order valence-corrected chi connectivity index (χ2v) is 6.89. The molecule has 2 aromatic heterocycles. The van der Waals surface area contributed by atoms with E-state index in [4.69, 9.17) is 0 Å². The van der Waals surface area contributed by atoms with Gasteiger partial charge in [-0.2, -0.15) is 4.39 Å². The Labute approximate surface area is 108 Å². The fraction of sp³-hybridized carbons (Fsp3) is 0.533. The number of rotatable bonds is 0. The van der Waals surface area contributed by atoms with Gasteiger partial charge in [0.25, 0.3) is 0 Å². The van der Waals surface area contributed by atoms with Crippen LogP contribution in [0.15, 0.2) is 18.3 Å². The van der Waals surface area contributed by atoms with Crippen LogP contribution in [-0.4, -0.2) is 9.38 Å². The second-order valence-electron chi connectivity index (χ2n) is 6.89. The Morgan fingerprint density at radius 2 is 1.61 bits per heavy atom. The van der Waals surface area contributed by atoms with Gasteiger partial charge in [-0.1, -0.05) is 47.6 Å². The van der Waals surface area contributed by atoms with Gasteiger partial charge in [0.2, 0.25) is 5.95 Å². The van der Waals surface area contributed by atoms with E-state index in [-0.39, 0.29) is 10.8 Å². The standard InChI is InChI=1S/C15H21FN2/c1-14(2,3)10-7-8-11(15(4,5)6)18-9-12(16)17-13(10)18/h7-9H,1-6H3. The maximum Gasteiger partial charge on any atom is 0.231 e. The van der Waals surface area contributed by atoms with E-state index < -0.39 is 5.95 Å². The molecule has 0 amide bonds. The van der Waals surface area contributed by atoms with Crippen molar-refractivity contribution in [2.75, 3.05) is 0 Å². The van der Waals surface area contributed by atoms with Gasteiger partial charge in [-0.15, -0.1) is 0 Å². The Hall–Kier alpha value is -1.38. The van der Waals surface area contributed by atoms with Crippen LogP contribution in [-0.2, 0) is 10.8 Å². The molecule has 0 N–H and O–H groups in total. The van der Waals surface area contributed by atoms with Gasteiger partial charge in [-0.3, -0.25) is 0 Å². The van der Waals surface area contributed by atoms with Crippen LogP contribution in [0.1, 0.15) is 52.8 Å². The fourth-order valence-electron chi connectivity index (χ4n) is 2.24. The first-order chi connectivity index (χ1) is 8.10. The lowest BCUT2D eigenvalue weighted by Crippen LogP contribution is -2.19. The molecule has 2 rings (SSSR count). The molecule has 2 heterocycles. The molecule has 0 aromatic carbocycles. The topological polar surface area (TPSA) is 17.3 Å². The molecule has 18 heavy (non-hydrogen) atoms. The van der Waals surface area contributed by atoms with Gasteiger partial charge in [0.1, 0.15) is 5.65 Å². The molecule has 0 spiro atoms. The van der Waals surface area contributed by atoms with Crippen LogP contribution in [0.3, 0.4) is 0 Å². The number of aromatic nitrogens is 2.